The molecule has 0 N–H and O–H groups in total. The van der Waals surface area contributed by atoms with Crippen LogP contribution in [0.25, 0.3) is 33.7 Å². The van der Waals surface area contributed by atoms with Gasteiger partial charge in [-0.25, -0.2) is 18.1 Å². The fourth-order valence-electron chi connectivity index (χ4n) is 4.39. The second-order valence-electron chi connectivity index (χ2n) is 8.47. The molecule has 34 heavy (non-hydrogen) atoms. The van der Waals surface area contributed by atoms with Crippen molar-refractivity contribution >= 4 is 33.0 Å². The van der Waals surface area contributed by atoms with Gasteiger partial charge >= 0.3 is 0 Å². The lowest BCUT2D eigenvalue weighted by atomic mass is 10.1. The average Bonchev–Trinajstić information content (AvgIpc) is 3.40. The van der Waals surface area contributed by atoms with Gasteiger partial charge in [-0.3, -0.25) is 9.88 Å². The van der Waals surface area contributed by atoms with Crippen molar-refractivity contribution in [1.82, 2.24) is 24.6 Å². The molecule has 0 bridgehead atoms. The van der Waals surface area contributed by atoms with Gasteiger partial charge in [0, 0.05) is 17.6 Å². The Bertz CT molecular complexity index is 1480. The van der Waals surface area contributed by atoms with Crippen LogP contribution in [-0.2, 0) is 16.5 Å². The number of hydrogen-bond acceptors (Lipinski definition) is 8. The number of benzene rings is 1. The van der Waals surface area contributed by atoms with E-state index >= 15 is 0 Å². The Morgan fingerprint density at radius 2 is 2.00 bits per heavy atom. The van der Waals surface area contributed by atoms with Crippen molar-refractivity contribution < 1.29 is 12.8 Å². The number of sulfone groups is 1. The van der Waals surface area contributed by atoms with Crippen molar-refractivity contribution in [3.05, 3.63) is 59.6 Å². The van der Waals surface area contributed by atoms with Crippen molar-refractivity contribution in [1.29, 1.82) is 0 Å². The van der Waals surface area contributed by atoms with Gasteiger partial charge in [-0.2, -0.15) is 0 Å². The number of pyridine rings is 2. The Balaban J connectivity index is 1.53. The molecule has 0 radical (unpaired) electrons. The van der Waals surface area contributed by atoms with Gasteiger partial charge < -0.3 is 4.42 Å². The van der Waals surface area contributed by atoms with Gasteiger partial charge in [0.2, 0.25) is 5.89 Å². The van der Waals surface area contributed by atoms with Crippen LogP contribution in [0, 0.1) is 4.84 Å². The third-order valence-corrected chi connectivity index (χ3v) is 8.08. The van der Waals surface area contributed by atoms with Gasteiger partial charge in [-0.1, -0.05) is 31.2 Å². The molecular formula is C24H25N5O3S2. The minimum atomic E-state index is -2.99. The Morgan fingerprint density at radius 1 is 1.18 bits per heavy atom. The predicted molar refractivity (Wildman–Crippen MR) is 133 cm³/mol. The summed E-state index contributed by atoms with van der Waals surface area (Å²) >= 11 is 5.51. The largest absolute Gasteiger partial charge is 0.409 e. The fraction of sp³-hybridized carbons (Fsp3) is 0.333. The van der Waals surface area contributed by atoms with E-state index in [-0.39, 0.29) is 22.4 Å². The molecule has 1 aromatic carbocycles. The van der Waals surface area contributed by atoms with E-state index in [1.165, 1.54) is 0 Å². The second-order valence-corrected chi connectivity index (χ2v) is 11.0. The first kappa shape index (κ1) is 22.8. The van der Waals surface area contributed by atoms with E-state index in [0.29, 0.717) is 24.7 Å². The van der Waals surface area contributed by atoms with E-state index < -0.39 is 9.84 Å². The van der Waals surface area contributed by atoms with Crippen LogP contribution in [0.4, 0.5) is 0 Å². The summed E-state index contributed by atoms with van der Waals surface area (Å²) in [5.41, 5.74) is 3.06. The molecule has 176 valence electrons. The van der Waals surface area contributed by atoms with Gasteiger partial charge in [-0.05, 0) is 55.9 Å². The highest BCUT2D eigenvalue weighted by molar-refractivity contribution is 7.91. The standard InChI is InChI=1S/C24H25N5O3S2/c1-2-12-28(17-10-13-34(30,31)15-17)16-29-24(33)32-23(27-29)19-14-22(21-9-5-6-11-25-21)26-20-8-4-3-7-18(19)20/h3-9,11,14,17H,2,10,12-13,15-16H2,1H3. The first-order chi connectivity index (χ1) is 16.4. The summed E-state index contributed by atoms with van der Waals surface area (Å²) in [6, 6.07) is 15.4. The van der Waals surface area contributed by atoms with Crippen LogP contribution < -0.4 is 0 Å². The molecule has 0 amide bonds. The maximum Gasteiger partial charge on any atom is 0.288 e. The molecular weight excluding hydrogens is 470 g/mol. The molecule has 1 saturated heterocycles. The van der Waals surface area contributed by atoms with Crippen molar-refractivity contribution in [2.45, 2.75) is 32.5 Å². The van der Waals surface area contributed by atoms with E-state index in [0.717, 1.165) is 35.1 Å². The zero-order valence-electron chi connectivity index (χ0n) is 18.8. The number of hydrogen-bond donors (Lipinski definition) is 0. The fourth-order valence-corrected chi connectivity index (χ4v) is 6.33. The van der Waals surface area contributed by atoms with Crippen LogP contribution in [0.3, 0.4) is 0 Å². The van der Waals surface area contributed by atoms with Crippen molar-refractivity contribution in [3.63, 3.8) is 0 Å². The maximum atomic E-state index is 12.0. The minimum Gasteiger partial charge on any atom is -0.409 e. The molecule has 1 fully saturated rings. The van der Waals surface area contributed by atoms with Crippen molar-refractivity contribution in [2.75, 3.05) is 18.1 Å². The first-order valence-corrected chi connectivity index (χ1v) is 13.5. The molecule has 3 aromatic heterocycles. The number of aromatic nitrogens is 4. The third kappa shape index (κ3) is 4.66. The zero-order valence-corrected chi connectivity index (χ0v) is 20.4. The normalized spacial score (nSPS) is 17.5. The number of fused-ring (bicyclic) bond motifs is 1. The summed E-state index contributed by atoms with van der Waals surface area (Å²) in [5.74, 6) is 0.802. The summed E-state index contributed by atoms with van der Waals surface area (Å²) in [6.45, 7) is 3.21. The molecule has 4 heterocycles. The molecule has 4 aromatic rings. The summed E-state index contributed by atoms with van der Waals surface area (Å²) in [7, 11) is -2.99. The van der Waals surface area contributed by atoms with Crippen LogP contribution in [-0.4, -0.2) is 57.2 Å². The predicted octanol–water partition coefficient (Wildman–Crippen LogP) is 4.34. The highest BCUT2D eigenvalue weighted by Crippen LogP contribution is 2.31. The zero-order chi connectivity index (χ0) is 23.7. The number of nitrogens with zero attached hydrogens (tertiary/aromatic N) is 5. The van der Waals surface area contributed by atoms with E-state index in [1.54, 1.807) is 10.9 Å². The number of para-hydroxylation sites is 1. The molecule has 1 aliphatic rings. The van der Waals surface area contributed by atoms with Gasteiger partial charge in [0.25, 0.3) is 4.84 Å². The Hall–Kier alpha value is -2.95. The number of rotatable bonds is 7. The first-order valence-electron chi connectivity index (χ1n) is 11.3. The molecule has 1 atom stereocenters. The van der Waals surface area contributed by atoms with Crippen LogP contribution in [0.1, 0.15) is 19.8 Å². The van der Waals surface area contributed by atoms with Crippen LogP contribution in [0.2, 0.25) is 0 Å². The lowest BCUT2D eigenvalue weighted by Crippen LogP contribution is -2.38. The Labute approximate surface area is 203 Å². The molecule has 1 unspecified atom stereocenters. The SMILES string of the molecule is CCCN(Cn1nc(-c2cc(-c3ccccn3)nc3ccccc23)oc1=S)C1CCS(=O)(=O)C1. The van der Waals surface area contributed by atoms with Gasteiger partial charge in [0.1, 0.15) is 0 Å². The van der Waals surface area contributed by atoms with Gasteiger partial charge in [0.05, 0.1) is 40.6 Å². The van der Waals surface area contributed by atoms with Gasteiger partial charge in [-0.15, -0.1) is 5.10 Å². The van der Waals surface area contributed by atoms with E-state index in [2.05, 4.69) is 16.8 Å². The summed E-state index contributed by atoms with van der Waals surface area (Å²) in [5, 5.41) is 5.60. The van der Waals surface area contributed by atoms with Crippen molar-refractivity contribution in [3.8, 4) is 22.8 Å². The third-order valence-electron chi connectivity index (χ3n) is 6.03. The molecule has 0 aliphatic carbocycles. The highest BCUT2D eigenvalue weighted by atomic mass is 32.2. The molecule has 10 heteroatoms. The van der Waals surface area contributed by atoms with Crippen LogP contribution in [0.15, 0.2) is 59.1 Å². The summed E-state index contributed by atoms with van der Waals surface area (Å²) in [6.07, 6.45) is 3.26. The Kier molecular flexibility index (Phi) is 6.28. The highest BCUT2D eigenvalue weighted by Gasteiger charge is 2.32. The average molecular weight is 496 g/mol. The lowest BCUT2D eigenvalue weighted by molar-refractivity contribution is 0.153. The molecule has 1 aliphatic heterocycles. The van der Waals surface area contributed by atoms with Gasteiger partial charge in [0.15, 0.2) is 9.84 Å². The lowest BCUT2D eigenvalue weighted by Gasteiger charge is -2.26. The minimum absolute atomic E-state index is 0.0375. The second kappa shape index (κ2) is 9.36. The smallest absolute Gasteiger partial charge is 0.288 e. The van der Waals surface area contributed by atoms with E-state index in [4.69, 9.17) is 26.7 Å². The summed E-state index contributed by atoms with van der Waals surface area (Å²) < 4.78 is 31.7. The van der Waals surface area contributed by atoms with E-state index in [1.807, 2.05) is 48.5 Å². The molecule has 8 nitrogen and oxygen atoms in total. The topological polar surface area (TPSA) is 94.1 Å². The van der Waals surface area contributed by atoms with Crippen LogP contribution in [0.5, 0.6) is 0 Å². The molecule has 5 rings (SSSR count). The Morgan fingerprint density at radius 3 is 2.74 bits per heavy atom. The monoisotopic (exact) mass is 495 g/mol. The molecule has 0 spiro atoms. The quantitative estimate of drug-likeness (QED) is 0.350. The van der Waals surface area contributed by atoms with Crippen LogP contribution >= 0.6 is 12.2 Å². The summed E-state index contributed by atoms with van der Waals surface area (Å²) in [4.78, 5) is 11.6. The molecule has 0 saturated carbocycles. The maximum absolute atomic E-state index is 12.0. The van der Waals surface area contributed by atoms with E-state index in [9.17, 15) is 8.42 Å². The van der Waals surface area contributed by atoms with Crippen molar-refractivity contribution in [2.24, 2.45) is 0 Å².